The van der Waals surface area contributed by atoms with Crippen LogP contribution in [0.3, 0.4) is 0 Å². The molecule has 0 saturated carbocycles. The highest BCUT2D eigenvalue weighted by molar-refractivity contribution is 14.1. The third-order valence-electron chi connectivity index (χ3n) is 4.08. The fourth-order valence-corrected chi connectivity index (χ4v) is 5.29. The first kappa shape index (κ1) is 21.5. The molecule has 0 bridgehead atoms. The van der Waals surface area contributed by atoms with E-state index in [0.717, 1.165) is 33.4 Å². The molecular formula is C20H19IN2O2S3. The molecule has 0 aliphatic carbocycles. The number of unbranched alkanes of at least 4 members (excludes halogenated alkanes) is 2. The van der Waals surface area contributed by atoms with Crippen LogP contribution in [-0.2, 0) is 9.59 Å². The van der Waals surface area contributed by atoms with Crippen molar-refractivity contribution in [2.45, 2.75) is 25.7 Å². The smallest absolute Gasteiger partial charge is 0.266 e. The minimum atomic E-state index is -0.0141. The van der Waals surface area contributed by atoms with Crippen LogP contribution in [0.25, 0.3) is 6.08 Å². The fourth-order valence-electron chi connectivity index (χ4n) is 2.72. The standard InChI is InChI=1S/C20H19IN2O2S3/c21-14-6-4-7-15(12-14)22-18(24)9-2-1-3-10-23-19(25)17(28-20(23)26)13-16-8-5-11-27-16/h4-8,11-13H,1-3,9-10H2,(H,22,24). The Morgan fingerprint density at radius 1 is 1.21 bits per heavy atom. The van der Waals surface area contributed by atoms with Crippen molar-refractivity contribution in [2.24, 2.45) is 0 Å². The molecule has 2 heterocycles. The van der Waals surface area contributed by atoms with Gasteiger partial charge in [-0.05, 0) is 71.2 Å². The van der Waals surface area contributed by atoms with Gasteiger partial charge in [0, 0.05) is 27.1 Å². The number of thiophene rings is 1. The zero-order chi connectivity index (χ0) is 19.9. The van der Waals surface area contributed by atoms with Gasteiger partial charge in [-0.2, -0.15) is 0 Å². The highest BCUT2D eigenvalue weighted by Gasteiger charge is 2.31. The van der Waals surface area contributed by atoms with E-state index in [1.165, 1.54) is 11.8 Å². The Bertz CT molecular complexity index is 897. The molecule has 2 amide bonds. The van der Waals surface area contributed by atoms with E-state index in [0.29, 0.717) is 22.2 Å². The Hall–Kier alpha value is -1.23. The molecule has 3 rings (SSSR count). The third-order valence-corrected chi connectivity index (χ3v) is 6.95. The lowest BCUT2D eigenvalue weighted by atomic mass is 10.1. The van der Waals surface area contributed by atoms with Gasteiger partial charge in [-0.15, -0.1) is 11.3 Å². The van der Waals surface area contributed by atoms with Crippen molar-refractivity contribution in [3.63, 3.8) is 0 Å². The van der Waals surface area contributed by atoms with E-state index in [1.54, 1.807) is 16.2 Å². The van der Waals surface area contributed by atoms with Crippen LogP contribution in [0.5, 0.6) is 0 Å². The van der Waals surface area contributed by atoms with Gasteiger partial charge in [0.25, 0.3) is 5.91 Å². The van der Waals surface area contributed by atoms with E-state index in [2.05, 4.69) is 27.9 Å². The normalized spacial score (nSPS) is 15.5. The lowest BCUT2D eigenvalue weighted by Crippen LogP contribution is -2.29. The molecular weight excluding hydrogens is 523 g/mol. The minimum absolute atomic E-state index is 0.0141. The van der Waals surface area contributed by atoms with Crippen LogP contribution < -0.4 is 5.32 Å². The fraction of sp³-hybridized carbons (Fsp3) is 0.250. The van der Waals surface area contributed by atoms with Crippen molar-refractivity contribution >= 4 is 85.8 Å². The summed E-state index contributed by atoms with van der Waals surface area (Å²) in [5.41, 5.74) is 0.826. The highest BCUT2D eigenvalue weighted by Crippen LogP contribution is 2.33. The first-order chi connectivity index (χ1) is 13.5. The number of carbonyl (C=O) groups is 2. The van der Waals surface area contributed by atoms with E-state index in [1.807, 2.05) is 47.9 Å². The first-order valence-corrected chi connectivity index (χ1v) is 12.1. The molecule has 0 spiro atoms. The Balaban J connectivity index is 1.38. The van der Waals surface area contributed by atoms with E-state index in [4.69, 9.17) is 12.2 Å². The van der Waals surface area contributed by atoms with Gasteiger partial charge >= 0.3 is 0 Å². The summed E-state index contributed by atoms with van der Waals surface area (Å²) in [6, 6.07) is 11.7. The number of nitrogens with zero attached hydrogens (tertiary/aromatic N) is 1. The van der Waals surface area contributed by atoms with Crippen LogP contribution in [0, 0.1) is 3.57 Å². The number of benzene rings is 1. The largest absolute Gasteiger partial charge is 0.326 e. The van der Waals surface area contributed by atoms with Crippen LogP contribution in [0.4, 0.5) is 5.69 Å². The summed E-state index contributed by atoms with van der Waals surface area (Å²) in [7, 11) is 0. The van der Waals surface area contributed by atoms with Gasteiger partial charge in [-0.3, -0.25) is 14.5 Å². The van der Waals surface area contributed by atoms with E-state index < -0.39 is 0 Å². The van der Waals surface area contributed by atoms with Crippen molar-refractivity contribution in [3.05, 3.63) is 55.1 Å². The summed E-state index contributed by atoms with van der Waals surface area (Å²) < 4.78 is 1.70. The van der Waals surface area contributed by atoms with Gasteiger partial charge < -0.3 is 5.32 Å². The molecule has 1 aromatic heterocycles. The van der Waals surface area contributed by atoms with Gasteiger partial charge in [0.05, 0.1) is 4.91 Å². The average Bonchev–Trinajstić information content (AvgIpc) is 3.25. The van der Waals surface area contributed by atoms with Gasteiger partial charge in [0.15, 0.2) is 0 Å². The summed E-state index contributed by atoms with van der Waals surface area (Å²) >= 11 is 10.5. The summed E-state index contributed by atoms with van der Waals surface area (Å²) in [5, 5.41) is 4.90. The first-order valence-electron chi connectivity index (χ1n) is 8.87. The SMILES string of the molecule is O=C(CCCCCN1C(=O)C(=Cc2cccs2)SC1=S)Nc1cccc(I)c1. The van der Waals surface area contributed by atoms with Crippen LogP contribution >= 0.6 is 57.9 Å². The third kappa shape index (κ3) is 6.13. The van der Waals surface area contributed by atoms with Crippen LogP contribution in [0.15, 0.2) is 46.7 Å². The topological polar surface area (TPSA) is 49.4 Å². The van der Waals surface area contributed by atoms with Crippen molar-refractivity contribution < 1.29 is 9.59 Å². The van der Waals surface area contributed by atoms with Crippen molar-refractivity contribution in [1.29, 1.82) is 0 Å². The van der Waals surface area contributed by atoms with Gasteiger partial charge in [-0.25, -0.2) is 0 Å². The molecule has 1 aliphatic heterocycles. The minimum Gasteiger partial charge on any atom is -0.326 e. The monoisotopic (exact) mass is 542 g/mol. The maximum absolute atomic E-state index is 12.5. The summed E-state index contributed by atoms with van der Waals surface area (Å²) in [6.45, 7) is 0.602. The molecule has 0 radical (unpaired) electrons. The molecule has 2 aromatic rings. The van der Waals surface area contributed by atoms with Crippen LogP contribution in [0.2, 0.25) is 0 Å². The van der Waals surface area contributed by atoms with Crippen molar-refractivity contribution in [1.82, 2.24) is 4.90 Å². The average molecular weight is 542 g/mol. The summed E-state index contributed by atoms with van der Waals surface area (Å²) in [6.07, 6.45) is 4.87. The van der Waals surface area contributed by atoms with Crippen LogP contribution in [-0.4, -0.2) is 27.6 Å². The summed E-state index contributed by atoms with van der Waals surface area (Å²) in [4.78, 5) is 28.0. The van der Waals surface area contributed by atoms with Gasteiger partial charge in [0.2, 0.25) is 5.91 Å². The summed E-state index contributed by atoms with van der Waals surface area (Å²) in [5.74, 6) is 0.00585. The Labute approximate surface area is 191 Å². The molecule has 8 heteroatoms. The number of rotatable bonds is 8. The number of hydrogen-bond donors (Lipinski definition) is 1. The van der Waals surface area contributed by atoms with Gasteiger partial charge in [-0.1, -0.05) is 42.5 Å². The molecule has 146 valence electrons. The Kier molecular flexibility index (Phi) is 8.07. The second-order valence-electron chi connectivity index (χ2n) is 6.22. The number of thiocarbonyl (C=S) groups is 1. The number of anilines is 1. The number of carbonyl (C=O) groups excluding carboxylic acids is 2. The molecule has 1 N–H and O–H groups in total. The zero-order valence-electron chi connectivity index (χ0n) is 15.0. The Morgan fingerprint density at radius 2 is 2.07 bits per heavy atom. The molecule has 1 saturated heterocycles. The maximum Gasteiger partial charge on any atom is 0.266 e. The van der Waals surface area contributed by atoms with Crippen molar-refractivity contribution in [2.75, 3.05) is 11.9 Å². The van der Waals surface area contributed by atoms with E-state index in [-0.39, 0.29) is 11.8 Å². The number of thioether (sulfide) groups is 1. The second-order valence-corrected chi connectivity index (χ2v) is 10.1. The molecule has 1 aromatic carbocycles. The van der Waals surface area contributed by atoms with Crippen LogP contribution in [0.1, 0.15) is 30.6 Å². The molecule has 1 aliphatic rings. The number of amides is 2. The highest BCUT2D eigenvalue weighted by atomic mass is 127. The number of nitrogens with one attached hydrogen (secondary N) is 1. The quantitative estimate of drug-likeness (QED) is 0.200. The predicted molar refractivity (Wildman–Crippen MR) is 130 cm³/mol. The van der Waals surface area contributed by atoms with E-state index >= 15 is 0 Å². The second kappa shape index (κ2) is 10.5. The molecule has 0 unspecified atom stereocenters. The lowest BCUT2D eigenvalue weighted by molar-refractivity contribution is -0.122. The maximum atomic E-state index is 12.5. The predicted octanol–water partition coefficient (Wildman–Crippen LogP) is 5.75. The van der Waals surface area contributed by atoms with Crippen molar-refractivity contribution in [3.8, 4) is 0 Å². The van der Waals surface area contributed by atoms with E-state index in [9.17, 15) is 9.59 Å². The molecule has 0 atom stereocenters. The Morgan fingerprint density at radius 3 is 2.82 bits per heavy atom. The molecule has 4 nitrogen and oxygen atoms in total. The number of hydrogen-bond acceptors (Lipinski definition) is 5. The molecule has 1 fully saturated rings. The lowest BCUT2D eigenvalue weighted by Gasteiger charge is -2.14. The molecule has 28 heavy (non-hydrogen) atoms. The zero-order valence-corrected chi connectivity index (χ0v) is 19.6. The number of halogens is 1. The van der Waals surface area contributed by atoms with Gasteiger partial charge in [0.1, 0.15) is 4.32 Å².